The van der Waals surface area contributed by atoms with Gasteiger partial charge in [0.1, 0.15) is 5.76 Å². The summed E-state index contributed by atoms with van der Waals surface area (Å²) >= 11 is 0. The third-order valence-electron chi connectivity index (χ3n) is 3.55. The maximum Gasteiger partial charge on any atom is 0.498 e. The topological polar surface area (TPSA) is 43.6 Å². The fraction of sp³-hybridized carbons (Fsp3) is 0.667. The molecule has 0 aromatic carbocycles. The summed E-state index contributed by atoms with van der Waals surface area (Å²) in [5.41, 5.74) is 0.324. The maximum absolute atomic E-state index is 5.94. The minimum absolute atomic E-state index is 0. The van der Waals surface area contributed by atoms with E-state index in [2.05, 4.69) is 5.32 Å². The highest BCUT2D eigenvalue weighted by Gasteiger charge is 2.52. The molecule has 0 radical (unpaired) electrons. The van der Waals surface area contributed by atoms with E-state index in [9.17, 15) is 0 Å². The van der Waals surface area contributed by atoms with E-state index in [1.165, 1.54) is 0 Å². The Hall–Kier alpha value is -0.485. The lowest BCUT2D eigenvalue weighted by molar-refractivity contribution is 0.00578. The minimum Gasteiger partial charge on any atom is -0.468 e. The summed E-state index contributed by atoms with van der Waals surface area (Å²) in [6.07, 6.45) is 1.70. The number of rotatable bonds is 3. The largest absolute Gasteiger partial charge is 0.498 e. The van der Waals surface area contributed by atoms with Gasteiger partial charge < -0.3 is 19.0 Å². The summed E-state index contributed by atoms with van der Waals surface area (Å²) in [5.74, 6) is 0.886. The van der Waals surface area contributed by atoms with Crippen LogP contribution >= 0.6 is 12.4 Å². The van der Waals surface area contributed by atoms with Gasteiger partial charge in [-0.15, -0.1) is 12.4 Å². The lowest BCUT2D eigenvalue weighted by Gasteiger charge is -2.32. The number of hydrogen-bond acceptors (Lipinski definition) is 4. The molecule has 1 fully saturated rings. The van der Waals surface area contributed by atoms with E-state index in [0.717, 1.165) is 11.2 Å². The van der Waals surface area contributed by atoms with E-state index < -0.39 is 0 Å². The van der Waals surface area contributed by atoms with Crippen LogP contribution in [0.5, 0.6) is 0 Å². The summed E-state index contributed by atoms with van der Waals surface area (Å²) in [7, 11) is 1.55. The molecule has 0 bridgehead atoms. The van der Waals surface area contributed by atoms with Crippen molar-refractivity contribution in [2.45, 2.75) is 45.4 Å². The molecule has 1 aliphatic heterocycles. The summed E-state index contributed by atoms with van der Waals surface area (Å²) in [6, 6.07) is 1.97. The molecule has 6 heteroatoms. The maximum atomic E-state index is 5.94. The lowest BCUT2D eigenvalue weighted by Crippen LogP contribution is -2.41. The van der Waals surface area contributed by atoms with Gasteiger partial charge in [0.15, 0.2) is 0 Å². The predicted molar refractivity (Wildman–Crippen MR) is 74.4 cm³/mol. The standard InChI is InChI=1S/C12H20BNO3.ClH/c1-11(2)12(3,4)17-13(16-11)9-6-10(7-14-5)15-8-9;/h6,8,14H,7H2,1-5H3;1H. The van der Waals surface area contributed by atoms with Crippen molar-refractivity contribution in [2.75, 3.05) is 7.05 Å². The molecule has 1 saturated heterocycles. The van der Waals surface area contributed by atoms with Crippen LogP contribution in [0.4, 0.5) is 0 Å². The van der Waals surface area contributed by atoms with Crippen molar-refractivity contribution in [3.63, 3.8) is 0 Å². The molecule has 0 spiro atoms. The Balaban J connectivity index is 0.00000162. The van der Waals surface area contributed by atoms with Gasteiger partial charge in [-0.25, -0.2) is 0 Å². The molecule has 102 valence electrons. The first-order valence-electron chi connectivity index (χ1n) is 5.93. The summed E-state index contributed by atoms with van der Waals surface area (Å²) < 4.78 is 17.3. The second-order valence-corrected chi connectivity index (χ2v) is 5.46. The van der Waals surface area contributed by atoms with E-state index in [1.807, 2.05) is 40.8 Å². The number of hydrogen-bond donors (Lipinski definition) is 1. The molecular formula is C12H21BClNO3. The van der Waals surface area contributed by atoms with E-state index in [1.54, 1.807) is 6.26 Å². The van der Waals surface area contributed by atoms with Crippen molar-refractivity contribution in [2.24, 2.45) is 0 Å². The van der Waals surface area contributed by atoms with Gasteiger partial charge in [-0.2, -0.15) is 0 Å². The number of halogens is 1. The minimum atomic E-state index is -0.339. The molecule has 0 unspecified atom stereocenters. The third kappa shape index (κ3) is 2.74. The van der Waals surface area contributed by atoms with Crippen LogP contribution in [0.3, 0.4) is 0 Å². The SMILES string of the molecule is CNCc1cc(B2OC(C)(C)C(C)(C)O2)co1.Cl. The Labute approximate surface area is 115 Å². The van der Waals surface area contributed by atoms with Gasteiger partial charge in [-0.1, -0.05) is 0 Å². The molecule has 0 aliphatic carbocycles. The zero-order valence-electron chi connectivity index (χ0n) is 11.6. The normalized spacial score (nSPS) is 20.8. The van der Waals surface area contributed by atoms with E-state index >= 15 is 0 Å². The molecular weight excluding hydrogens is 252 g/mol. The third-order valence-corrected chi connectivity index (χ3v) is 3.55. The van der Waals surface area contributed by atoms with Gasteiger partial charge in [0.2, 0.25) is 0 Å². The van der Waals surface area contributed by atoms with Gasteiger partial charge >= 0.3 is 7.12 Å². The van der Waals surface area contributed by atoms with Crippen LogP contribution < -0.4 is 10.8 Å². The molecule has 0 amide bonds. The van der Waals surface area contributed by atoms with E-state index in [0.29, 0.717) is 6.54 Å². The van der Waals surface area contributed by atoms with Crippen LogP contribution in [0.15, 0.2) is 16.7 Å². The van der Waals surface area contributed by atoms with Gasteiger partial charge in [-0.3, -0.25) is 0 Å². The average molecular weight is 274 g/mol. The van der Waals surface area contributed by atoms with Crippen molar-refractivity contribution in [1.82, 2.24) is 5.32 Å². The molecule has 1 aromatic rings. The van der Waals surface area contributed by atoms with Crippen molar-refractivity contribution >= 4 is 25.0 Å². The van der Waals surface area contributed by atoms with Gasteiger partial charge in [0.25, 0.3) is 0 Å². The lowest BCUT2D eigenvalue weighted by atomic mass is 9.81. The van der Waals surface area contributed by atoms with Crippen LogP contribution in [0.2, 0.25) is 0 Å². The smallest absolute Gasteiger partial charge is 0.468 e. The number of nitrogens with one attached hydrogen (secondary N) is 1. The van der Waals surface area contributed by atoms with Crippen LogP contribution in [0.25, 0.3) is 0 Å². The Morgan fingerprint density at radius 3 is 2.22 bits per heavy atom. The average Bonchev–Trinajstić information content (AvgIpc) is 2.71. The molecule has 1 aliphatic rings. The van der Waals surface area contributed by atoms with Crippen LogP contribution in [0.1, 0.15) is 33.5 Å². The Morgan fingerprint density at radius 2 is 1.72 bits per heavy atom. The fourth-order valence-corrected chi connectivity index (χ4v) is 1.77. The van der Waals surface area contributed by atoms with Crippen LogP contribution in [0, 0.1) is 0 Å². The van der Waals surface area contributed by atoms with Crippen molar-refractivity contribution in [3.05, 3.63) is 18.1 Å². The summed E-state index contributed by atoms with van der Waals surface area (Å²) in [6.45, 7) is 8.88. The molecule has 18 heavy (non-hydrogen) atoms. The zero-order chi connectivity index (χ0) is 12.7. The second kappa shape index (κ2) is 5.25. The molecule has 1 N–H and O–H groups in total. The molecule has 0 atom stereocenters. The first-order chi connectivity index (χ1) is 7.86. The molecule has 2 heterocycles. The molecule has 2 rings (SSSR count). The molecule has 0 saturated carbocycles. The Morgan fingerprint density at radius 1 is 1.17 bits per heavy atom. The first kappa shape index (κ1) is 15.6. The van der Waals surface area contributed by atoms with Crippen molar-refractivity contribution in [1.29, 1.82) is 0 Å². The Bertz CT molecular complexity index is 390. The first-order valence-corrected chi connectivity index (χ1v) is 5.93. The van der Waals surface area contributed by atoms with Crippen molar-refractivity contribution < 1.29 is 13.7 Å². The van der Waals surface area contributed by atoms with Crippen LogP contribution in [-0.2, 0) is 15.9 Å². The fourth-order valence-electron chi connectivity index (χ4n) is 1.77. The summed E-state index contributed by atoms with van der Waals surface area (Å²) in [4.78, 5) is 0. The van der Waals surface area contributed by atoms with E-state index in [4.69, 9.17) is 13.7 Å². The Kier molecular flexibility index (Phi) is 4.54. The highest BCUT2D eigenvalue weighted by Crippen LogP contribution is 2.36. The number of furan rings is 1. The monoisotopic (exact) mass is 273 g/mol. The van der Waals surface area contributed by atoms with Gasteiger partial charge in [0.05, 0.1) is 24.0 Å². The quantitative estimate of drug-likeness (QED) is 0.852. The highest BCUT2D eigenvalue weighted by atomic mass is 35.5. The van der Waals surface area contributed by atoms with Gasteiger partial charge in [-0.05, 0) is 40.8 Å². The molecule has 1 aromatic heterocycles. The van der Waals surface area contributed by atoms with E-state index in [-0.39, 0.29) is 30.7 Å². The van der Waals surface area contributed by atoms with Gasteiger partial charge in [0, 0.05) is 5.46 Å². The molecule has 4 nitrogen and oxygen atoms in total. The highest BCUT2D eigenvalue weighted by molar-refractivity contribution is 6.62. The second-order valence-electron chi connectivity index (χ2n) is 5.46. The van der Waals surface area contributed by atoms with Crippen molar-refractivity contribution in [3.8, 4) is 0 Å². The van der Waals surface area contributed by atoms with Crippen LogP contribution in [-0.4, -0.2) is 25.4 Å². The summed E-state index contributed by atoms with van der Waals surface area (Å²) in [5, 5.41) is 3.05. The zero-order valence-corrected chi connectivity index (χ0v) is 12.4. The predicted octanol–water partition coefficient (Wildman–Crippen LogP) is 1.72.